The van der Waals surface area contributed by atoms with E-state index in [9.17, 15) is 17.6 Å². The third kappa shape index (κ3) is 5.66. The van der Waals surface area contributed by atoms with Crippen LogP contribution in [0.5, 0.6) is 5.75 Å². The largest absolute Gasteiger partial charge is 0.573 e. The Balaban J connectivity index is 0.000000878. The van der Waals surface area contributed by atoms with Gasteiger partial charge in [0.25, 0.3) is 0 Å². The van der Waals surface area contributed by atoms with Crippen LogP contribution in [0.4, 0.5) is 17.6 Å². The van der Waals surface area contributed by atoms with E-state index in [1.54, 1.807) is 12.1 Å². The lowest BCUT2D eigenvalue weighted by atomic mass is 10.1. The lowest BCUT2D eigenvalue weighted by molar-refractivity contribution is -0.274. The van der Waals surface area contributed by atoms with E-state index in [0.717, 1.165) is 0 Å². The van der Waals surface area contributed by atoms with Gasteiger partial charge in [-0.05, 0) is 42.5 Å². The van der Waals surface area contributed by atoms with Gasteiger partial charge in [0, 0.05) is 10.0 Å². The minimum atomic E-state index is -4.80. The molecule has 0 bridgehead atoms. The highest BCUT2D eigenvalue weighted by atomic mass is 79.9. The van der Waals surface area contributed by atoms with Crippen LogP contribution in [0.2, 0.25) is 5.02 Å². The Bertz CT molecular complexity index is 1020. The van der Waals surface area contributed by atoms with Crippen molar-refractivity contribution in [3.05, 3.63) is 64.0 Å². The van der Waals surface area contributed by atoms with E-state index < -0.39 is 12.2 Å². The standard InChI is InChI=1S/C16H8BrClF4N2O.CO2/c17-10-5-9(6-12(7-10)25-16(20,21)22)15-3-4-23-24(15)11-1-2-14(19)13(18)8-11;2-1-3/h1-8H;. The van der Waals surface area contributed by atoms with Gasteiger partial charge in [-0.2, -0.15) is 14.7 Å². The maximum atomic E-state index is 13.3. The lowest BCUT2D eigenvalue weighted by Crippen LogP contribution is -2.17. The zero-order chi connectivity index (χ0) is 20.9. The van der Waals surface area contributed by atoms with E-state index in [1.807, 2.05) is 0 Å². The molecule has 28 heavy (non-hydrogen) atoms. The Kier molecular flexibility index (Phi) is 6.95. The summed E-state index contributed by atoms with van der Waals surface area (Å²) in [4.78, 5) is 16.2. The molecule has 0 aliphatic heterocycles. The van der Waals surface area contributed by atoms with Gasteiger partial charge in [-0.15, -0.1) is 13.2 Å². The van der Waals surface area contributed by atoms with Gasteiger partial charge in [0.05, 0.1) is 22.6 Å². The smallest absolute Gasteiger partial charge is 0.406 e. The van der Waals surface area contributed by atoms with Crippen LogP contribution in [-0.2, 0) is 9.59 Å². The van der Waals surface area contributed by atoms with Gasteiger partial charge in [-0.25, -0.2) is 9.07 Å². The third-order valence-corrected chi connectivity index (χ3v) is 3.94. The van der Waals surface area contributed by atoms with Crippen LogP contribution >= 0.6 is 27.5 Å². The average Bonchev–Trinajstić information content (AvgIpc) is 3.05. The molecule has 0 amide bonds. The van der Waals surface area contributed by atoms with Crippen LogP contribution in [0.15, 0.2) is 53.1 Å². The summed E-state index contributed by atoms with van der Waals surface area (Å²) < 4.78 is 56.5. The Hall–Kier alpha value is -2.68. The van der Waals surface area contributed by atoms with E-state index in [-0.39, 0.29) is 16.9 Å². The van der Waals surface area contributed by atoms with Crippen molar-refractivity contribution in [1.29, 1.82) is 0 Å². The second-order valence-corrected chi connectivity index (χ2v) is 6.36. The van der Waals surface area contributed by atoms with Crippen molar-refractivity contribution < 1.29 is 31.9 Å². The highest BCUT2D eigenvalue weighted by molar-refractivity contribution is 9.10. The van der Waals surface area contributed by atoms with Gasteiger partial charge < -0.3 is 4.74 Å². The molecule has 11 heteroatoms. The average molecular weight is 480 g/mol. The van der Waals surface area contributed by atoms with Crippen LogP contribution in [0.1, 0.15) is 0 Å². The molecule has 0 unspecified atom stereocenters. The number of halogens is 6. The molecular formula is C17H8BrClF4N2O3. The van der Waals surface area contributed by atoms with Crippen molar-refractivity contribution >= 4 is 33.7 Å². The van der Waals surface area contributed by atoms with Crippen molar-refractivity contribution in [2.75, 3.05) is 0 Å². The molecule has 3 aromatic rings. The third-order valence-electron chi connectivity index (χ3n) is 3.19. The van der Waals surface area contributed by atoms with Gasteiger partial charge in [0.2, 0.25) is 0 Å². The molecule has 2 aromatic carbocycles. The van der Waals surface area contributed by atoms with Crippen molar-refractivity contribution in [2.24, 2.45) is 0 Å². The van der Waals surface area contributed by atoms with E-state index in [4.69, 9.17) is 21.2 Å². The van der Waals surface area contributed by atoms with Gasteiger partial charge in [-0.1, -0.05) is 27.5 Å². The summed E-state index contributed by atoms with van der Waals surface area (Å²) in [5.74, 6) is -0.954. The number of carbonyl (C=O) groups excluding carboxylic acids is 2. The predicted molar refractivity (Wildman–Crippen MR) is 93.4 cm³/mol. The molecule has 0 aliphatic carbocycles. The number of aromatic nitrogens is 2. The first-order chi connectivity index (χ1) is 13.1. The Morgan fingerprint density at radius 3 is 2.39 bits per heavy atom. The fraction of sp³-hybridized carbons (Fsp3) is 0.0588. The fourth-order valence-corrected chi connectivity index (χ4v) is 2.89. The minimum Gasteiger partial charge on any atom is -0.406 e. The first-order valence-corrected chi connectivity index (χ1v) is 8.37. The number of ether oxygens (including phenoxy) is 1. The highest BCUT2D eigenvalue weighted by Gasteiger charge is 2.31. The Labute approximate surface area is 168 Å². The highest BCUT2D eigenvalue weighted by Crippen LogP contribution is 2.33. The van der Waals surface area contributed by atoms with Crippen LogP contribution < -0.4 is 4.74 Å². The van der Waals surface area contributed by atoms with Crippen molar-refractivity contribution in [1.82, 2.24) is 9.78 Å². The lowest BCUT2D eigenvalue weighted by Gasteiger charge is -2.12. The SMILES string of the molecule is Fc1ccc(-n2nccc2-c2cc(Br)cc(OC(F)(F)F)c2)cc1Cl.O=C=O. The fourth-order valence-electron chi connectivity index (χ4n) is 2.25. The summed E-state index contributed by atoms with van der Waals surface area (Å²) in [6, 6.07) is 9.67. The molecule has 146 valence electrons. The molecule has 0 radical (unpaired) electrons. The summed E-state index contributed by atoms with van der Waals surface area (Å²) >= 11 is 8.94. The molecule has 0 saturated heterocycles. The van der Waals surface area contributed by atoms with Crippen LogP contribution in [0.25, 0.3) is 16.9 Å². The van der Waals surface area contributed by atoms with E-state index in [1.165, 1.54) is 41.2 Å². The maximum Gasteiger partial charge on any atom is 0.573 e. The molecule has 0 N–H and O–H groups in total. The summed E-state index contributed by atoms with van der Waals surface area (Å²) in [6.07, 6.45) is -3.08. The predicted octanol–water partition coefficient (Wildman–Crippen LogP) is 5.41. The van der Waals surface area contributed by atoms with Gasteiger partial charge in [-0.3, -0.25) is 0 Å². The number of hydrogen-bond acceptors (Lipinski definition) is 4. The maximum absolute atomic E-state index is 13.3. The minimum absolute atomic E-state index is 0.0886. The Morgan fingerprint density at radius 1 is 1.11 bits per heavy atom. The normalized spacial score (nSPS) is 10.6. The molecule has 0 fully saturated rings. The molecule has 0 atom stereocenters. The number of nitrogens with zero attached hydrogens (tertiary/aromatic N) is 2. The summed E-state index contributed by atoms with van der Waals surface area (Å²) in [5.41, 5.74) is 1.37. The Morgan fingerprint density at radius 2 is 1.79 bits per heavy atom. The first-order valence-electron chi connectivity index (χ1n) is 7.20. The van der Waals surface area contributed by atoms with Gasteiger partial charge >= 0.3 is 12.5 Å². The molecule has 3 rings (SSSR count). The van der Waals surface area contributed by atoms with Crippen LogP contribution in [0, 0.1) is 5.82 Å². The zero-order valence-electron chi connectivity index (χ0n) is 13.5. The molecule has 1 heterocycles. The molecule has 0 aliphatic rings. The van der Waals surface area contributed by atoms with Crippen molar-refractivity contribution in [3.8, 4) is 22.7 Å². The zero-order valence-corrected chi connectivity index (χ0v) is 15.8. The summed E-state index contributed by atoms with van der Waals surface area (Å²) in [6.45, 7) is 0. The number of alkyl halides is 3. The van der Waals surface area contributed by atoms with Gasteiger partial charge in [0.1, 0.15) is 11.6 Å². The monoisotopic (exact) mass is 478 g/mol. The van der Waals surface area contributed by atoms with Crippen molar-refractivity contribution in [2.45, 2.75) is 6.36 Å². The van der Waals surface area contributed by atoms with Crippen LogP contribution in [0.3, 0.4) is 0 Å². The second-order valence-electron chi connectivity index (χ2n) is 5.03. The van der Waals surface area contributed by atoms with Crippen molar-refractivity contribution in [3.63, 3.8) is 0 Å². The quantitative estimate of drug-likeness (QED) is 0.472. The molecular weight excluding hydrogens is 472 g/mol. The molecule has 0 spiro atoms. The van der Waals surface area contributed by atoms with Crippen LogP contribution in [-0.4, -0.2) is 22.3 Å². The topological polar surface area (TPSA) is 61.2 Å². The summed E-state index contributed by atoms with van der Waals surface area (Å²) in [5, 5.41) is 4.04. The molecule has 5 nitrogen and oxygen atoms in total. The van der Waals surface area contributed by atoms with E-state index in [2.05, 4.69) is 25.8 Å². The molecule has 1 aromatic heterocycles. The van der Waals surface area contributed by atoms with E-state index in [0.29, 0.717) is 21.4 Å². The molecule has 0 saturated carbocycles. The second kappa shape index (κ2) is 9.01. The first kappa shape index (κ1) is 21.6. The van der Waals surface area contributed by atoms with Gasteiger partial charge in [0.15, 0.2) is 0 Å². The number of benzene rings is 2. The number of hydrogen-bond donors (Lipinski definition) is 0. The number of rotatable bonds is 3. The van der Waals surface area contributed by atoms with E-state index >= 15 is 0 Å². The summed E-state index contributed by atoms with van der Waals surface area (Å²) in [7, 11) is 0.